The molecule has 3 nitrogen and oxygen atoms in total. The van der Waals surface area contributed by atoms with Gasteiger partial charge >= 0.3 is 0 Å². The number of aliphatic hydroxyl groups excluding tert-OH is 1. The van der Waals surface area contributed by atoms with Crippen molar-refractivity contribution < 1.29 is 5.11 Å². The van der Waals surface area contributed by atoms with E-state index in [4.69, 9.17) is 0 Å². The van der Waals surface area contributed by atoms with Crippen LogP contribution < -0.4 is 5.32 Å². The third kappa shape index (κ3) is 2.60. The van der Waals surface area contributed by atoms with Gasteiger partial charge in [-0.2, -0.15) is 0 Å². The van der Waals surface area contributed by atoms with Crippen molar-refractivity contribution in [2.45, 2.75) is 56.2 Å². The Balaban J connectivity index is 1.56. The first-order chi connectivity index (χ1) is 10.7. The van der Waals surface area contributed by atoms with Crippen molar-refractivity contribution >= 4 is 0 Å². The molecule has 3 aliphatic rings. The van der Waals surface area contributed by atoms with Crippen LogP contribution in [0.15, 0.2) is 24.3 Å². The van der Waals surface area contributed by atoms with Crippen LogP contribution in [0.1, 0.15) is 42.7 Å². The van der Waals surface area contributed by atoms with Crippen molar-refractivity contribution in [2.24, 2.45) is 5.92 Å². The van der Waals surface area contributed by atoms with Crippen LogP contribution in [0.3, 0.4) is 0 Å². The van der Waals surface area contributed by atoms with Crippen LogP contribution in [0.5, 0.6) is 0 Å². The Bertz CT molecular complexity index is 524. The van der Waals surface area contributed by atoms with E-state index in [2.05, 4.69) is 41.5 Å². The lowest BCUT2D eigenvalue weighted by Crippen LogP contribution is -2.56. The summed E-state index contributed by atoms with van der Waals surface area (Å²) >= 11 is 0. The van der Waals surface area contributed by atoms with Gasteiger partial charge in [-0.1, -0.05) is 24.3 Å². The number of piperidine rings is 1. The number of benzene rings is 1. The van der Waals surface area contributed by atoms with Gasteiger partial charge in [0.1, 0.15) is 0 Å². The normalized spacial score (nSPS) is 36.1. The predicted molar refractivity (Wildman–Crippen MR) is 89.1 cm³/mol. The predicted octanol–water partition coefficient (Wildman–Crippen LogP) is 2.15. The first kappa shape index (κ1) is 14.7. The highest BCUT2D eigenvalue weighted by Crippen LogP contribution is 2.44. The van der Waals surface area contributed by atoms with Crippen molar-refractivity contribution in [2.75, 3.05) is 20.1 Å². The molecule has 0 aromatic heterocycles. The molecular formula is C19H28N2O. The van der Waals surface area contributed by atoms with E-state index < -0.39 is 0 Å². The molecule has 2 fully saturated rings. The number of nitrogens with zero attached hydrogens (tertiary/aromatic N) is 1. The number of aliphatic hydroxyl groups is 1. The fourth-order valence-corrected chi connectivity index (χ4v) is 4.92. The number of fused-ring (bicyclic) bond motifs is 4. The van der Waals surface area contributed by atoms with Gasteiger partial charge in [0.2, 0.25) is 0 Å². The fourth-order valence-electron chi connectivity index (χ4n) is 4.92. The summed E-state index contributed by atoms with van der Waals surface area (Å²) in [7, 11) is 2.21. The Hall–Kier alpha value is -0.900. The number of rotatable bonds is 2. The van der Waals surface area contributed by atoms with Gasteiger partial charge in [-0.3, -0.25) is 0 Å². The molecule has 1 saturated heterocycles. The van der Waals surface area contributed by atoms with Gasteiger partial charge in [-0.25, -0.2) is 0 Å². The van der Waals surface area contributed by atoms with E-state index in [1.165, 1.54) is 37.1 Å². The minimum atomic E-state index is -0.131. The van der Waals surface area contributed by atoms with Crippen LogP contribution in [0.4, 0.5) is 0 Å². The van der Waals surface area contributed by atoms with Crippen LogP contribution >= 0.6 is 0 Å². The zero-order chi connectivity index (χ0) is 15.1. The highest BCUT2D eigenvalue weighted by molar-refractivity contribution is 5.36. The molecule has 0 radical (unpaired) electrons. The topological polar surface area (TPSA) is 35.5 Å². The first-order valence-corrected chi connectivity index (χ1v) is 8.93. The van der Waals surface area contributed by atoms with Crippen molar-refractivity contribution in [1.82, 2.24) is 10.2 Å². The molecule has 2 bridgehead atoms. The van der Waals surface area contributed by atoms with Crippen LogP contribution in [-0.2, 0) is 6.42 Å². The SMILES string of the molecule is CN1CCC(NC2C3CCC(O)C2Cc2ccccc23)CC1. The lowest BCUT2D eigenvalue weighted by atomic mass is 9.64. The van der Waals surface area contributed by atoms with E-state index in [1.54, 1.807) is 0 Å². The number of hydrogen-bond acceptors (Lipinski definition) is 3. The maximum absolute atomic E-state index is 10.5. The van der Waals surface area contributed by atoms with E-state index in [-0.39, 0.29) is 6.10 Å². The summed E-state index contributed by atoms with van der Waals surface area (Å²) in [6, 6.07) is 9.99. The van der Waals surface area contributed by atoms with E-state index in [9.17, 15) is 5.11 Å². The van der Waals surface area contributed by atoms with Crippen molar-refractivity contribution in [3.8, 4) is 0 Å². The zero-order valence-electron chi connectivity index (χ0n) is 13.5. The highest BCUT2D eigenvalue weighted by atomic mass is 16.3. The van der Waals surface area contributed by atoms with Gasteiger partial charge in [0, 0.05) is 18.0 Å². The third-order valence-corrected chi connectivity index (χ3v) is 6.22. The zero-order valence-corrected chi connectivity index (χ0v) is 13.5. The molecule has 120 valence electrons. The Morgan fingerprint density at radius 3 is 2.68 bits per heavy atom. The molecule has 2 aliphatic carbocycles. The second-order valence-electron chi connectivity index (χ2n) is 7.59. The van der Waals surface area contributed by atoms with Crippen molar-refractivity contribution in [1.29, 1.82) is 0 Å². The van der Waals surface area contributed by atoms with Crippen molar-refractivity contribution in [3.63, 3.8) is 0 Å². The number of nitrogens with one attached hydrogen (secondary N) is 1. The molecule has 0 amide bonds. The number of likely N-dealkylation sites (tertiary alicyclic amines) is 1. The summed E-state index contributed by atoms with van der Waals surface area (Å²) < 4.78 is 0. The molecule has 1 saturated carbocycles. The van der Waals surface area contributed by atoms with Crippen LogP contribution in [0.25, 0.3) is 0 Å². The summed E-state index contributed by atoms with van der Waals surface area (Å²) in [4.78, 5) is 2.42. The molecule has 1 aliphatic heterocycles. The molecule has 3 heteroatoms. The van der Waals surface area contributed by atoms with E-state index in [0.29, 0.717) is 23.9 Å². The lowest BCUT2D eigenvalue weighted by molar-refractivity contribution is 0.0241. The smallest absolute Gasteiger partial charge is 0.0586 e. The maximum Gasteiger partial charge on any atom is 0.0586 e. The van der Waals surface area contributed by atoms with Gasteiger partial charge in [-0.05, 0) is 69.3 Å². The van der Waals surface area contributed by atoms with Gasteiger partial charge in [0.25, 0.3) is 0 Å². The molecule has 1 aromatic carbocycles. The van der Waals surface area contributed by atoms with Crippen molar-refractivity contribution in [3.05, 3.63) is 35.4 Å². The molecule has 2 N–H and O–H groups in total. The summed E-state index contributed by atoms with van der Waals surface area (Å²) in [5.41, 5.74) is 3.01. The van der Waals surface area contributed by atoms with Gasteiger partial charge in [-0.15, -0.1) is 0 Å². The average molecular weight is 300 g/mol. The Labute approximate surface area is 133 Å². The molecule has 1 aromatic rings. The molecule has 0 spiro atoms. The van der Waals surface area contributed by atoms with Crippen LogP contribution in [-0.4, -0.2) is 48.3 Å². The minimum Gasteiger partial charge on any atom is -0.393 e. The molecule has 4 rings (SSSR count). The molecule has 22 heavy (non-hydrogen) atoms. The molecule has 4 unspecified atom stereocenters. The minimum absolute atomic E-state index is 0.131. The second kappa shape index (κ2) is 5.95. The van der Waals surface area contributed by atoms with Crippen LogP contribution in [0, 0.1) is 5.92 Å². The second-order valence-corrected chi connectivity index (χ2v) is 7.59. The monoisotopic (exact) mass is 300 g/mol. The lowest BCUT2D eigenvalue weighted by Gasteiger charge is -2.48. The van der Waals surface area contributed by atoms with E-state index in [1.807, 2.05) is 0 Å². The fraction of sp³-hybridized carbons (Fsp3) is 0.684. The standard InChI is InChI=1S/C19H28N2O/c1-21-10-8-14(9-11-21)20-19-16-6-7-18(22)17(19)12-13-4-2-3-5-15(13)16/h2-5,14,16-20,22H,6-12H2,1H3. The largest absolute Gasteiger partial charge is 0.393 e. The van der Waals surface area contributed by atoms with Crippen LogP contribution in [0.2, 0.25) is 0 Å². The average Bonchev–Trinajstić information content (AvgIpc) is 2.53. The van der Waals surface area contributed by atoms with Gasteiger partial charge in [0.15, 0.2) is 0 Å². The summed E-state index contributed by atoms with van der Waals surface area (Å²) in [6.45, 7) is 2.39. The summed E-state index contributed by atoms with van der Waals surface area (Å²) in [5.74, 6) is 0.992. The molecule has 4 atom stereocenters. The van der Waals surface area contributed by atoms with E-state index in [0.717, 1.165) is 19.3 Å². The Kier molecular flexibility index (Phi) is 3.97. The number of hydrogen-bond donors (Lipinski definition) is 2. The van der Waals surface area contributed by atoms with E-state index >= 15 is 0 Å². The quantitative estimate of drug-likeness (QED) is 0.878. The third-order valence-electron chi connectivity index (χ3n) is 6.22. The maximum atomic E-state index is 10.5. The Morgan fingerprint density at radius 2 is 1.86 bits per heavy atom. The van der Waals surface area contributed by atoms with Gasteiger partial charge in [0.05, 0.1) is 6.10 Å². The first-order valence-electron chi connectivity index (χ1n) is 8.93. The molecular weight excluding hydrogens is 272 g/mol. The summed E-state index contributed by atoms with van der Waals surface area (Å²) in [6.07, 6.45) is 5.48. The molecule has 1 heterocycles. The highest BCUT2D eigenvalue weighted by Gasteiger charge is 2.44. The van der Waals surface area contributed by atoms with Gasteiger partial charge < -0.3 is 15.3 Å². The Morgan fingerprint density at radius 1 is 1.09 bits per heavy atom. The summed E-state index contributed by atoms with van der Waals surface area (Å²) in [5, 5.41) is 14.5.